The summed E-state index contributed by atoms with van der Waals surface area (Å²) in [6.07, 6.45) is 0. The fourth-order valence-electron chi connectivity index (χ4n) is 2.88. The number of nitrogens with one attached hydrogen (secondary N) is 2. The van der Waals surface area contributed by atoms with Gasteiger partial charge in [-0.1, -0.05) is 30.3 Å². The SMILES string of the molecule is Cc1cc(=O)oc2cc(OCC(=O)N[C@@H](CO)C(=O)NCc3ccccc3)ccc12. The Morgan fingerprint density at radius 1 is 1.13 bits per heavy atom. The second-order valence-corrected chi connectivity index (χ2v) is 6.70. The van der Waals surface area contributed by atoms with E-state index in [2.05, 4.69) is 10.6 Å². The molecule has 0 radical (unpaired) electrons. The van der Waals surface area contributed by atoms with Crippen molar-refractivity contribution in [2.24, 2.45) is 0 Å². The van der Waals surface area contributed by atoms with Crippen molar-refractivity contribution in [3.63, 3.8) is 0 Å². The second kappa shape index (κ2) is 9.71. The first-order chi connectivity index (χ1) is 14.5. The van der Waals surface area contributed by atoms with Gasteiger partial charge in [0.15, 0.2) is 6.61 Å². The highest BCUT2D eigenvalue weighted by molar-refractivity contribution is 5.88. The lowest BCUT2D eigenvalue weighted by atomic mass is 10.1. The van der Waals surface area contributed by atoms with Crippen molar-refractivity contribution in [2.75, 3.05) is 13.2 Å². The first-order valence-corrected chi connectivity index (χ1v) is 9.35. The molecule has 2 amide bonds. The minimum Gasteiger partial charge on any atom is -0.484 e. The Morgan fingerprint density at radius 2 is 1.90 bits per heavy atom. The van der Waals surface area contributed by atoms with Crippen molar-refractivity contribution >= 4 is 22.8 Å². The fraction of sp³-hybridized carbons (Fsp3) is 0.227. The molecule has 2 aromatic carbocycles. The smallest absolute Gasteiger partial charge is 0.336 e. The molecule has 0 unspecified atom stereocenters. The molecule has 1 aromatic heterocycles. The zero-order chi connectivity index (χ0) is 21.5. The quantitative estimate of drug-likeness (QED) is 0.482. The Bertz CT molecular complexity index is 1090. The zero-order valence-electron chi connectivity index (χ0n) is 16.4. The maximum atomic E-state index is 12.2. The third-order valence-corrected chi connectivity index (χ3v) is 4.44. The van der Waals surface area contributed by atoms with Crippen LogP contribution in [0.25, 0.3) is 11.0 Å². The van der Waals surface area contributed by atoms with E-state index in [9.17, 15) is 19.5 Å². The highest BCUT2D eigenvalue weighted by Gasteiger charge is 2.20. The summed E-state index contributed by atoms with van der Waals surface area (Å²) in [7, 11) is 0. The van der Waals surface area contributed by atoms with Crippen LogP contribution >= 0.6 is 0 Å². The number of aryl methyl sites for hydroxylation is 1. The zero-order valence-corrected chi connectivity index (χ0v) is 16.4. The number of amides is 2. The number of aliphatic hydroxyl groups excluding tert-OH is 1. The van der Waals surface area contributed by atoms with Crippen molar-refractivity contribution in [3.8, 4) is 5.75 Å². The van der Waals surface area contributed by atoms with Gasteiger partial charge in [0.25, 0.3) is 5.91 Å². The highest BCUT2D eigenvalue weighted by atomic mass is 16.5. The van der Waals surface area contributed by atoms with Crippen LogP contribution < -0.4 is 21.0 Å². The van der Waals surface area contributed by atoms with E-state index in [1.54, 1.807) is 19.1 Å². The third-order valence-electron chi connectivity index (χ3n) is 4.44. The average Bonchev–Trinajstić information content (AvgIpc) is 2.74. The van der Waals surface area contributed by atoms with Gasteiger partial charge in [-0.3, -0.25) is 9.59 Å². The molecule has 0 fully saturated rings. The van der Waals surface area contributed by atoms with Crippen LogP contribution in [0.3, 0.4) is 0 Å². The van der Waals surface area contributed by atoms with E-state index in [0.717, 1.165) is 16.5 Å². The third kappa shape index (κ3) is 5.45. The van der Waals surface area contributed by atoms with Gasteiger partial charge in [0.1, 0.15) is 17.4 Å². The molecule has 0 aliphatic carbocycles. The van der Waals surface area contributed by atoms with E-state index in [4.69, 9.17) is 9.15 Å². The van der Waals surface area contributed by atoms with Gasteiger partial charge in [0.05, 0.1) is 6.61 Å². The summed E-state index contributed by atoms with van der Waals surface area (Å²) >= 11 is 0. The molecule has 3 rings (SSSR count). The van der Waals surface area contributed by atoms with E-state index in [1.807, 2.05) is 30.3 Å². The maximum absolute atomic E-state index is 12.2. The van der Waals surface area contributed by atoms with Crippen LogP contribution in [-0.4, -0.2) is 36.2 Å². The van der Waals surface area contributed by atoms with E-state index >= 15 is 0 Å². The van der Waals surface area contributed by atoms with E-state index in [0.29, 0.717) is 11.3 Å². The molecule has 0 saturated heterocycles. The number of rotatable bonds is 8. The number of fused-ring (bicyclic) bond motifs is 1. The molecule has 8 nitrogen and oxygen atoms in total. The van der Waals surface area contributed by atoms with E-state index in [-0.39, 0.29) is 13.2 Å². The molecule has 0 spiro atoms. The number of aliphatic hydroxyl groups is 1. The van der Waals surface area contributed by atoms with E-state index in [1.165, 1.54) is 12.1 Å². The summed E-state index contributed by atoms with van der Waals surface area (Å²) in [6.45, 7) is 1.16. The molecule has 0 aliphatic heterocycles. The topological polar surface area (TPSA) is 118 Å². The Kier molecular flexibility index (Phi) is 6.82. The lowest BCUT2D eigenvalue weighted by Crippen LogP contribution is -2.49. The predicted octanol–water partition coefficient (Wildman–Crippen LogP) is 1.27. The highest BCUT2D eigenvalue weighted by Crippen LogP contribution is 2.22. The summed E-state index contributed by atoms with van der Waals surface area (Å²) in [4.78, 5) is 35.8. The summed E-state index contributed by atoms with van der Waals surface area (Å²) < 4.78 is 10.6. The van der Waals surface area contributed by atoms with Crippen molar-refractivity contribution < 1.29 is 23.8 Å². The van der Waals surface area contributed by atoms with Gasteiger partial charge in [-0.05, 0) is 30.2 Å². The van der Waals surface area contributed by atoms with Crippen LogP contribution in [0.4, 0.5) is 0 Å². The summed E-state index contributed by atoms with van der Waals surface area (Å²) in [6, 6.07) is 14.5. The monoisotopic (exact) mass is 410 g/mol. The summed E-state index contributed by atoms with van der Waals surface area (Å²) in [5.41, 5.74) is 1.56. The van der Waals surface area contributed by atoms with Gasteiger partial charge in [-0.15, -0.1) is 0 Å². The minimum atomic E-state index is -1.10. The molecule has 8 heteroatoms. The van der Waals surface area contributed by atoms with Crippen LogP contribution in [0.5, 0.6) is 5.75 Å². The minimum absolute atomic E-state index is 0.282. The van der Waals surface area contributed by atoms with Gasteiger partial charge in [0, 0.05) is 24.1 Å². The second-order valence-electron chi connectivity index (χ2n) is 6.70. The lowest BCUT2D eigenvalue weighted by Gasteiger charge is -2.16. The molecule has 1 heterocycles. The first kappa shape index (κ1) is 21.1. The molecule has 3 aromatic rings. The molecule has 3 N–H and O–H groups in total. The van der Waals surface area contributed by atoms with Crippen molar-refractivity contribution in [3.05, 3.63) is 76.1 Å². The number of carbonyl (C=O) groups is 2. The number of benzene rings is 2. The van der Waals surface area contributed by atoms with E-state index < -0.39 is 30.1 Å². The Morgan fingerprint density at radius 3 is 2.63 bits per heavy atom. The standard InChI is InChI=1S/C22H22N2O6/c1-14-9-21(27)30-19-10-16(7-8-17(14)19)29-13-20(26)24-18(12-25)22(28)23-11-15-5-3-2-4-6-15/h2-10,18,25H,11-13H2,1H3,(H,23,28)(H,24,26)/t18-/m0/s1. The van der Waals surface area contributed by atoms with Crippen molar-refractivity contribution in [2.45, 2.75) is 19.5 Å². The van der Waals surface area contributed by atoms with Gasteiger partial charge in [-0.2, -0.15) is 0 Å². The normalized spacial score (nSPS) is 11.7. The first-order valence-electron chi connectivity index (χ1n) is 9.35. The molecule has 0 bridgehead atoms. The molecular formula is C22H22N2O6. The summed E-state index contributed by atoms with van der Waals surface area (Å²) in [5.74, 6) is -0.743. The predicted molar refractivity (Wildman–Crippen MR) is 110 cm³/mol. The molecule has 0 saturated carbocycles. The molecule has 156 valence electrons. The lowest BCUT2D eigenvalue weighted by molar-refractivity contribution is -0.131. The van der Waals surface area contributed by atoms with Crippen molar-refractivity contribution in [1.82, 2.24) is 10.6 Å². The fourth-order valence-corrected chi connectivity index (χ4v) is 2.88. The number of ether oxygens (including phenoxy) is 1. The number of hydrogen-bond acceptors (Lipinski definition) is 6. The largest absolute Gasteiger partial charge is 0.484 e. The summed E-state index contributed by atoms with van der Waals surface area (Å²) in [5, 5.41) is 15.3. The van der Waals surface area contributed by atoms with Gasteiger partial charge in [0.2, 0.25) is 5.91 Å². The van der Waals surface area contributed by atoms with Gasteiger partial charge < -0.3 is 24.9 Å². The van der Waals surface area contributed by atoms with Crippen LogP contribution in [-0.2, 0) is 16.1 Å². The van der Waals surface area contributed by atoms with Gasteiger partial charge >= 0.3 is 5.63 Å². The van der Waals surface area contributed by atoms with Crippen LogP contribution in [0.15, 0.2) is 63.8 Å². The number of carbonyl (C=O) groups excluding carboxylic acids is 2. The molecule has 1 atom stereocenters. The average molecular weight is 410 g/mol. The van der Waals surface area contributed by atoms with Gasteiger partial charge in [-0.25, -0.2) is 4.79 Å². The molecular weight excluding hydrogens is 388 g/mol. The van der Waals surface area contributed by atoms with Crippen LogP contribution in [0, 0.1) is 6.92 Å². The maximum Gasteiger partial charge on any atom is 0.336 e. The Labute approximate surface area is 172 Å². The van der Waals surface area contributed by atoms with Crippen LogP contribution in [0.1, 0.15) is 11.1 Å². The number of hydrogen-bond donors (Lipinski definition) is 3. The Balaban J connectivity index is 1.54. The van der Waals surface area contributed by atoms with Crippen LogP contribution in [0.2, 0.25) is 0 Å². The molecule has 0 aliphatic rings. The Hall–Kier alpha value is -3.65. The molecule has 30 heavy (non-hydrogen) atoms. The van der Waals surface area contributed by atoms with Crippen molar-refractivity contribution in [1.29, 1.82) is 0 Å².